The molecule has 0 radical (unpaired) electrons. The van der Waals surface area contributed by atoms with Crippen LogP contribution in [0.5, 0.6) is 5.75 Å². The fourth-order valence-electron chi connectivity index (χ4n) is 1.02. The second kappa shape index (κ2) is 4.70. The molecule has 0 amide bonds. The smallest absolute Gasteiger partial charge is 0.438 e. The summed E-state index contributed by atoms with van der Waals surface area (Å²) in [4.78, 5) is 14.1. The summed E-state index contributed by atoms with van der Waals surface area (Å²) in [5, 5.41) is 8.49. The SMILES string of the molecule is COc1cccc(C(=O)C(C#N)=[N+]=[N-])c1. The average molecular weight is 201 g/mol. The molecule has 0 bridgehead atoms. The van der Waals surface area contributed by atoms with Crippen molar-refractivity contribution in [1.82, 2.24) is 0 Å². The normalized spacial score (nSPS) is 8.53. The molecule has 0 aromatic heterocycles. The predicted molar refractivity (Wildman–Crippen MR) is 51.6 cm³/mol. The number of hydrogen-bond acceptors (Lipinski definition) is 3. The highest BCUT2D eigenvalue weighted by atomic mass is 16.5. The third kappa shape index (κ3) is 2.27. The number of nitriles is 1. The van der Waals surface area contributed by atoms with Crippen LogP contribution in [0.3, 0.4) is 0 Å². The molecule has 1 rings (SSSR count). The van der Waals surface area contributed by atoms with E-state index in [1.54, 1.807) is 12.1 Å². The zero-order chi connectivity index (χ0) is 11.3. The van der Waals surface area contributed by atoms with Gasteiger partial charge in [0.25, 0.3) is 5.78 Å². The summed E-state index contributed by atoms with van der Waals surface area (Å²) >= 11 is 0. The van der Waals surface area contributed by atoms with E-state index in [-0.39, 0.29) is 5.56 Å². The lowest BCUT2D eigenvalue weighted by Gasteiger charge is -1.99. The lowest BCUT2D eigenvalue weighted by atomic mass is 10.1. The van der Waals surface area contributed by atoms with Crippen molar-refractivity contribution in [1.29, 1.82) is 5.26 Å². The van der Waals surface area contributed by atoms with Crippen LogP contribution in [0.15, 0.2) is 24.3 Å². The highest BCUT2D eigenvalue weighted by Crippen LogP contribution is 2.12. The van der Waals surface area contributed by atoms with Crippen molar-refractivity contribution in [3.05, 3.63) is 35.4 Å². The van der Waals surface area contributed by atoms with Gasteiger partial charge in [-0.2, -0.15) is 10.1 Å². The number of methoxy groups -OCH3 is 1. The number of hydrogen-bond donors (Lipinski definition) is 0. The number of carbonyl (C=O) groups is 1. The van der Waals surface area contributed by atoms with E-state index in [0.29, 0.717) is 5.75 Å². The van der Waals surface area contributed by atoms with Crippen molar-refractivity contribution in [3.63, 3.8) is 0 Å². The van der Waals surface area contributed by atoms with E-state index >= 15 is 0 Å². The Bertz CT molecular complexity index is 482. The first-order chi connectivity index (χ1) is 7.22. The van der Waals surface area contributed by atoms with Crippen LogP contribution >= 0.6 is 0 Å². The van der Waals surface area contributed by atoms with Crippen molar-refractivity contribution in [3.8, 4) is 11.8 Å². The average Bonchev–Trinajstić information content (AvgIpc) is 2.30. The Morgan fingerprint density at radius 1 is 1.60 bits per heavy atom. The molecule has 0 saturated carbocycles. The van der Waals surface area contributed by atoms with Gasteiger partial charge in [0.15, 0.2) is 6.07 Å². The zero-order valence-corrected chi connectivity index (χ0v) is 7.97. The van der Waals surface area contributed by atoms with Gasteiger partial charge in [-0.15, -0.1) is 0 Å². The van der Waals surface area contributed by atoms with E-state index in [2.05, 4.69) is 4.79 Å². The van der Waals surface area contributed by atoms with Gasteiger partial charge in [-0.25, -0.2) is 0 Å². The summed E-state index contributed by atoms with van der Waals surface area (Å²) in [7, 11) is 1.47. The Morgan fingerprint density at radius 3 is 2.87 bits per heavy atom. The highest BCUT2D eigenvalue weighted by Gasteiger charge is 2.21. The highest BCUT2D eigenvalue weighted by molar-refractivity contribution is 6.49. The Morgan fingerprint density at radius 2 is 2.33 bits per heavy atom. The maximum absolute atomic E-state index is 11.5. The maximum Gasteiger partial charge on any atom is 0.438 e. The van der Waals surface area contributed by atoms with Crippen molar-refractivity contribution in [2.45, 2.75) is 0 Å². The van der Waals surface area contributed by atoms with Crippen LogP contribution in [-0.4, -0.2) is 23.4 Å². The van der Waals surface area contributed by atoms with E-state index in [0.717, 1.165) is 0 Å². The van der Waals surface area contributed by atoms with E-state index < -0.39 is 11.5 Å². The molecule has 0 aliphatic heterocycles. The van der Waals surface area contributed by atoms with Crippen LogP contribution in [0.1, 0.15) is 10.4 Å². The Kier molecular flexibility index (Phi) is 3.33. The van der Waals surface area contributed by atoms with Crippen LogP contribution in [0.25, 0.3) is 5.53 Å². The molecule has 0 atom stereocenters. The molecule has 0 spiro atoms. The molecule has 0 fully saturated rings. The van der Waals surface area contributed by atoms with Gasteiger partial charge < -0.3 is 10.3 Å². The van der Waals surface area contributed by atoms with Crippen molar-refractivity contribution >= 4 is 11.5 Å². The van der Waals surface area contributed by atoms with Crippen LogP contribution in [0.2, 0.25) is 0 Å². The Hall–Kier alpha value is -2.44. The molecule has 1 aromatic rings. The lowest BCUT2D eigenvalue weighted by molar-refractivity contribution is -0.00369. The number of benzene rings is 1. The molecule has 1 aromatic carbocycles. The summed E-state index contributed by atoms with van der Waals surface area (Å²) in [6, 6.07) is 7.74. The Balaban J connectivity index is 3.13. The predicted octanol–water partition coefficient (Wildman–Crippen LogP) is 1.07. The first-order valence-electron chi connectivity index (χ1n) is 4.04. The largest absolute Gasteiger partial charge is 0.497 e. The zero-order valence-electron chi connectivity index (χ0n) is 7.97. The second-order valence-corrected chi connectivity index (χ2v) is 2.62. The third-order valence-corrected chi connectivity index (χ3v) is 1.75. The topological polar surface area (TPSA) is 86.5 Å². The molecule has 74 valence electrons. The van der Waals surface area contributed by atoms with E-state index in [4.69, 9.17) is 15.5 Å². The number of nitrogens with zero attached hydrogens (tertiary/aromatic N) is 3. The number of ketones is 1. The van der Waals surface area contributed by atoms with Crippen LogP contribution in [0.4, 0.5) is 0 Å². The van der Waals surface area contributed by atoms with Gasteiger partial charge in [0, 0.05) is 5.56 Å². The van der Waals surface area contributed by atoms with Gasteiger partial charge in [0.05, 0.1) is 7.11 Å². The third-order valence-electron chi connectivity index (χ3n) is 1.75. The number of Topliss-reactive ketones (excluding diaryl/α,β-unsaturated/α-hetero) is 1. The molecule has 0 aliphatic rings. The van der Waals surface area contributed by atoms with Crippen molar-refractivity contribution in [2.75, 3.05) is 7.11 Å². The van der Waals surface area contributed by atoms with E-state index in [1.807, 2.05) is 0 Å². The Labute approximate surface area is 86.1 Å². The number of ether oxygens (including phenoxy) is 1. The van der Waals surface area contributed by atoms with Gasteiger partial charge in [0.1, 0.15) is 5.75 Å². The quantitative estimate of drug-likeness (QED) is 0.317. The number of rotatable bonds is 3. The molecule has 0 saturated heterocycles. The summed E-state index contributed by atoms with van der Waals surface area (Å²) in [6.45, 7) is 0. The molecule has 0 heterocycles. The first-order valence-corrected chi connectivity index (χ1v) is 4.04. The molecule has 0 unspecified atom stereocenters. The van der Waals surface area contributed by atoms with Crippen molar-refractivity contribution in [2.24, 2.45) is 0 Å². The van der Waals surface area contributed by atoms with Crippen LogP contribution < -0.4 is 4.74 Å². The minimum Gasteiger partial charge on any atom is -0.497 e. The number of carbonyl (C=O) groups excluding carboxylic acids is 1. The van der Waals surface area contributed by atoms with Crippen LogP contribution in [0, 0.1) is 11.3 Å². The van der Waals surface area contributed by atoms with Crippen molar-refractivity contribution < 1.29 is 14.3 Å². The summed E-state index contributed by atoms with van der Waals surface area (Å²) in [5.41, 5.74) is 8.08. The molecule has 0 aliphatic carbocycles. The van der Waals surface area contributed by atoms with Gasteiger partial charge in [-0.05, 0) is 12.1 Å². The molecule has 0 N–H and O–H groups in total. The summed E-state index contributed by atoms with van der Waals surface area (Å²) < 4.78 is 4.91. The molecule has 5 heteroatoms. The molecular weight excluding hydrogens is 194 g/mol. The molecule has 15 heavy (non-hydrogen) atoms. The lowest BCUT2D eigenvalue weighted by Crippen LogP contribution is -2.13. The standard InChI is InChI=1S/C10H7N3O2/c1-15-8-4-2-3-7(5-8)10(14)9(6-11)13-12/h2-5H,1H3. The fraction of sp³-hybridized carbons (Fsp3) is 0.100. The monoisotopic (exact) mass is 201 g/mol. The van der Waals surface area contributed by atoms with Crippen LogP contribution in [-0.2, 0) is 0 Å². The fourth-order valence-corrected chi connectivity index (χ4v) is 1.02. The minimum absolute atomic E-state index is 0.240. The summed E-state index contributed by atoms with van der Waals surface area (Å²) in [5.74, 6) is -0.144. The maximum atomic E-state index is 11.5. The first kappa shape index (κ1) is 10.6. The van der Waals surface area contributed by atoms with Gasteiger partial charge >= 0.3 is 5.71 Å². The van der Waals surface area contributed by atoms with E-state index in [9.17, 15) is 4.79 Å². The van der Waals surface area contributed by atoms with Gasteiger partial charge in [-0.3, -0.25) is 4.79 Å². The molecular formula is C10H7N3O2. The summed E-state index contributed by atoms with van der Waals surface area (Å²) in [6.07, 6.45) is 0. The second-order valence-electron chi connectivity index (χ2n) is 2.62. The van der Waals surface area contributed by atoms with Gasteiger partial charge in [0.2, 0.25) is 0 Å². The van der Waals surface area contributed by atoms with Gasteiger partial charge in [-0.1, -0.05) is 12.1 Å². The van der Waals surface area contributed by atoms with E-state index in [1.165, 1.54) is 25.3 Å². The minimum atomic E-state index is -0.640. The molecule has 5 nitrogen and oxygen atoms in total.